The summed E-state index contributed by atoms with van der Waals surface area (Å²) in [6, 6.07) is 10.2. The Morgan fingerprint density at radius 3 is 2.68 bits per heavy atom. The van der Waals surface area contributed by atoms with E-state index in [0.29, 0.717) is 0 Å². The first-order chi connectivity index (χ1) is 14.8. The molecule has 2 N–H and O–H groups in total. The van der Waals surface area contributed by atoms with Crippen molar-refractivity contribution in [2.45, 2.75) is 38.2 Å². The van der Waals surface area contributed by atoms with E-state index >= 15 is 0 Å². The van der Waals surface area contributed by atoms with Gasteiger partial charge in [-0.2, -0.15) is 0 Å². The number of aliphatic hydroxyl groups is 1. The van der Waals surface area contributed by atoms with Crippen molar-refractivity contribution in [2.75, 3.05) is 25.0 Å². The molecule has 1 aliphatic heterocycles. The van der Waals surface area contributed by atoms with Crippen molar-refractivity contribution in [2.24, 2.45) is 4.99 Å². The molecule has 0 saturated carbocycles. The Bertz CT molecular complexity index is 1230. The maximum Gasteiger partial charge on any atom is 0.195 e. The van der Waals surface area contributed by atoms with E-state index in [0.717, 1.165) is 74.9 Å². The van der Waals surface area contributed by atoms with E-state index < -0.39 is 0 Å². The summed E-state index contributed by atoms with van der Waals surface area (Å²) in [6.45, 7) is 5.98. The van der Waals surface area contributed by atoms with Crippen LogP contribution >= 0.6 is 15.9 Å². The number of aromatic nitrogens is 1. The third-order valence-electron chi connectivity index (χ3n) is 6.76. The van der Waals surface area contributed by atoms with Crippen LogP contribution < -0.4 is 4.90 Å². The molecule has 2 heterocycles. The average molecular weight is 480 g/mol. The van der Waals surface area contributed by atoms with Gasteiger partial charge >= 0.3 is 0 Å². The fraction of sp³-hybridized carbons (Fsp3) is 0.360. The molecule has 5 rings (SSSR count). The van der Waals surface area contributed by atoms with Crippen LogP contribution in [0.3, 0.4) is 0 Å². The highest BCUT2D eigenvalue weighted by Gasteiger charge is 2.40. The number of aliphatic hydroxyl groups excluding tert-OH is 1. The van der Waals surface area contributed by atoms with E-state index in [9.17, 15) is 9.90 Å². The van der Waals surface area contributed by atoms with Crippen LogP contribution in [-0.2, 0) is 5.41 Å². The van der Waals surface area contributed by atoms with Crippen LogP contribution in [-0.4, -0.2) is 48.3 Å². The summed E-state index contributed by atoms with van der Waals surface area (Å²) < 4.78 is 0.927. The highest BCUT2D eigenvalue weighted by atomic mass is 79.9. The van der Waals surface area contributed by atoms with Crippen molar-refractivity contribution >= 4 is 44.5 Å². The lowest BCUT2D eigenvalue weighted by atomic mass is 9.71. The predicted octanol–water partition coefficient (Wildman–Crippen LogP) is 4.81. The highest BCUT2D eigenvalue weighted by Crippen LogP contribution is 2.46. The first-order valence-corrected chi connectivity index (χ1v) is 11.5. The Morgan fingerprint density at radius 1 is 1.23 bits per heavy atom. The molecule has 2 aromatic carbocycles. The Morgan fingerprint density at radius 2 is 1.97 bits per heavy atom. The maximum atomic E-state index is 13.7. The average Bonchev–Trinajstić information content (AvgIpc) is 3.13. The molecule has 0 unspecified atom stereocenters. The number of ketones is 1. The summed E-state index contributed by atoms with van der Waals surface area (Å²) in [4.78, 5) is 23.6. The van der Waals surface area contributed by atoms with Crippen molar-refractivity contribution in [1.82, 2.24) is 4.98 Å². The van der Waals surface area contributed by atoms with Gasteiger partial charge in [-0.1, -0.05) is 26.0 Å². The summed E-state index contributed by atoms with van der Waals surface area (Å²) in [5.74, 6) is 0.0637. The molecule has 0 bridgehead atoms. The third kappa shape index (κ3) is 3.15. The number of piperidine rings is 1. The number of aliphatic imine (C=N–C) groups is 1. The van der Waals surface area contributed by atoms with E-state index in [4.69, 9.17) is 0 Å². The molecule has 0 radical (unpaired) electrons. The largest absolute Gasteiger partial charge is 0.393 e. The lowest BCUT2D eigenvalue weighted by Crippen LogP contribution is -2.37. The predicted molar refractivity (Wildman–Crippen MR) is 129 cm³/mol. The number of hydrogen-bond donors (Lipinski definition) is 2. The number of H-pyrrole nitrogens is 1. The zero-order valence-corrected chi connectivity index (χ0v) is 19.6. The second kappa shape index (κ2) is 7.31. The number of nitrogens with zero attached hydrogens (tertiary/aromatic N) is 2. The van der Waals surface area contributed by atoms with E-state index in [1.807, 2.05) is 24.4 Å². The second-order valence-electron chi connectivity index (χ2n) is 9.09. The van der Waals surface area contributed by atoms with Crippen molar-refractivity contribution in [3.63, 3.8) is 0 Å². The van der Waals surface area contributed by atoms with Crippen LogP contribution in [0.4, 0.5) is 5.69 Å². The molecule has 1 saturated heterocycles. The topological polar surface area (TPSA) is 68.7 Å². The minimum Gasteiger partial charge on any atom is -0.393 e. The smallest absolute Gasteiger partial charge is 0.195 e. The molecule has 1 aliphatic carbocycles. The van der Waals surface area contributed by atoms with E-state index in [1.165, 1.54) is 0 Å². The van der Waals surface area contributed by atoms with Gasteiger partial charge in [0.05, 0.1) is 17.4 Å². The van der Waals surface area contributed by atoms with Crippen LogP contribution in [0.5, 0.6) is 0 Å². The van der Waals surface area contributed by atoms with Gasteiger partial charge < -0.3 is 15.0 Å². The van der Waals surface area contributed by atoms with Gasteiger partial charge in [-0.25, -0.2) is 0 Å². The minimum absolute atomic E-state index is 0.0637. The second-order valence-corrected chi connectivity index (χ2v) is 9.94. The number of hydrogen-bond acceptors (Lipinski definition) is 4. The SMILES string of the molecule is CN=Cc1ccc2c3c([nH]c2c1)C(C)(C)c1cc(N2CCC(O)CC2)c(Br)cc1C3=O. The molecule has 0 spiro atoms. The summed E-state index contributed by atoms with van der Waals surface area (Å²) in [5, 5.41) is 10.8. The zero-order valence-electron chi connectivity index (χ0n) is 18.0. The van der Waals surface area contributed by atoms with Gasteiger partial charge in [0.15, 0.2) is 5.78 Å². The number of benzene rings is 2. The van der Waals surface area contributed by atoms with Gasteiger partial charge in [-0.3, -0.25) is 9.79 Å². The van der Waals surface area contributed by atoms with Gasteiger partial charge in [0.1, 0.15) is 0 Å². The molecule has 1 aromatic heterocycles. The molecular weight excluding hydrogens is 454 g/mol. The van der Waals surface area contributed by atoms with Crippen LogP contribution in [0, 0.1) is 0 Å². The van der Waals surface area contributed by atoms with Crippen LogP contribution in [0.15, 0.2) is 39.8 Å². The lowest BCUT2D eigenvalue weighted by molar-refractivity contribution is 0.103. The Kier molecular flexibility index (Phi) is 4.83. The summed E-state index contributed by atoms with van der Waals surface area (Å²) in [7, 11) is 1.76. The third-order valence-corrected chi connectivity index (χ3v) is 7.40. The standard InChI is InChI=1S/C25H26BrN3O2/c1-25(2)18-12-21(29-8-6-15(30)7-9-29)19(26)11-17(18)23(31)22-16-5-4-14(13-27-3)10-20(16)28-24(22)25/h4-5,10-13,15,28,30H,6-9H2,1-3H3. The zero-order chi connectivity index (χ0) is 21.9. The van der Waals surface area contributed by atoms with Gasteiger partial charge in [0, 0.05) is 58.4 Å². The molecule has 1 fully saturated rings. The molecule has 0 amide bonds. The number of rotatable bonds is 2. The molecule has 31 heavy (non-hydrogen) atoms. The summed E-state index contributed by atoms with van der Waals surface area (Å²) >= 11 is 3.72. The molecule has 0 atom stereocenters. The highest BCUT2D eigenvalue weighted by molar-refractivity contribution is 9.10. The molecule has 2 aliphatic rings. The number of anilines is 1. The Hall–Kier alpha value is -2.44. The van der Waals surface area contributed by atoms with Crippen molar-refractivity contribution in [3.8, 4) is 0 Å². The van der Waals surface area contributed by atoms with Gasteiger partial charge in [0.2, 0.25) is 0 Å². The minimum atomic E-state index is -0.346. The van der Waals surface area contributed by atoms with Crippen molar-refractivity contribution < 1.29 is 9.90 Å². The monoisotopic (exact) mass is 479 g/mol. The Labute approximate surface area is 190 Å². The van der Waals surface area contributed by atoms with E-state index in [2.05, 4.69) is 56.8 Å². The number of aromatic amines is 1. The number of halogens is 1. The first-order valence-electron chi connectivity index (χ1n) is 10.7. The molecule has 5 nitrogen and oxygen atoms in total. The first kappa shape index (κ1) is 20.5. The molecular formula is C25H26BrN3O2. The van der Waals surface area contributed by atoms with E-state index in [1.54, 1.807) is 7.05 Å². The quantitative estimate of drug-likeness (QED) is 0.518. The van der Waals surface area contributed by atoms with Crippen LogP contribution in [0.25, 0.3) is 10.9 Å². The van der Waals surface area contributed by atoms with Crippen LogP contribution in [0.1, 0.15) is 59.4 Å². The lowest BCUT2D eigenvalue weighted by Gasteiger charge is -2.36. The summed E-state index contributed by atoms with van der Waals surface area (Å²) in [6.07, 6.45) is 3.13. The molecule has 3 aromatic rings. The fourth-order valence-corrected chi connectivity index (χ4v) is 5.63. The number of fused-ring (bicyclic) bond motifs is 4. The molecule has 160 valence electrons. The number of nitrogens with one attached hydrogen (secondary N) is 1. The van der Waals surface area contributed by atoms with Crippen molar-refractivity contribution in [3.05, 3.63) is 62.8 Å². The van der Waals surface area contributed by atoms with E-state index in [-0.39, 0.29) is 17.3 Å². The van der Waals surface area contributed by atoms with Gasteiger partial charge in [-0.05, 0) is 58.1 Å². The Balaban J connectivity index is 1.66. The van der Waals surface area contributed by atoms with Gasteiger partial charge in [0.25, 0.3) is 0 Å². The normalized spacial score (nSPS) is 18.6. The van der Waals surface area contributed by atoms with Crippen molar-refractivity contribution in [1.29, 1.82) is 0 Å². The number of carbonyl (C=O) groups is 1. The fourth-order valence-electron chi connectivity index (χ4n) is 5.03. The maximum absolute atomic E-state index is 13.7. The molecule has 6 heteroatoms. The summed E-state index contributed by atoms with van der Waals surface area (Å²) in [5.41, 5.74) is 6.24. The van der Waals surface area contributed by atoms with Crippen LogP contribution in [0.2, 0.25) is 0 Å². The van der Waals surface area contributed by atoms with Gasteiger partial charge in [-0.15, -0.1) is 0 Å². The number of carbonyl (C=O) groups excluding carboxylic acids is 1.